The zero-order valence-corrected chi connectivity index (χ0v) is 11.6. The molecule has 1 unspecified atom stereocenters. The van der Waals surface area contributed by atoms with Gasteiger partial charge in [0, 0.05) is 6.54 Å². The predicted molar refractivity (Wildman–Crippen MR) is 77.7 cm³/mol. The normalized spacial score (nSPS) is 11.4. The molecule has 108 valence electrons. The molecule has 0 radical (unpaired) electrons. The number of rotatable bonds is 7. The largest absolute Gasteiger partial charge is 0.480 e. The molecule has 1 aromatic carbocycles. The second kappa shape index (κ2) is 7.99. The zero-order valence-electron chi connectivity index (χ0n) is 11.6. The lowest BCUT2D eigenvalue weighted by Gasteiger charge is -2.13. The van der Waals surface area contributed by atoms with Crippen LogP contribution in [0.3, 0.4) is 0 Å². The maximum absolute atomic E-state index is 11.6. The molecule has 0 saturated heterocycles. The van der Waals surface area contributed by atoms with E-state index < -0.39 is 18.0 Å². The molecule has 1 aromatic rings. The number of hydrogen-bond acceptors (Lipinski definition) is 2. The summed E-state index contributed by atoms with van der Waals surface area (Å²) >= 11 is 0. The average Bonchev–Trinajstić information content (AvgIpc) is 2.40. The molecule has 0 saturated carbocycles. The Hall–Kier alpha value is -2.30. The van der Waals surface area contributed by atoms with Crippen LogP contribution in [0.1, 0.15) is 17.5 Å². The van der Waals surface area contributed by atoms with E-state index in [4.69, 9.17) is 5.11 Å². The fourth-order valence-electron chi connectivity index (χ4n) is 1.80. The van der Waals surface area contributed by atoms with Crippen molar-refractivity contribution >= 4 is 12.0 Å². The standard InChI is InChI=1S/C15H20N2O3/c1-3-6-13(14(18)19)17-15(20)16-10-9-12-8-5-4-7-11(12)2/h3-5,7-8,13H,1,6,9-10H2,2H3,(H,18,19)(H2,16,17,20). The van der Waals surface area contributed by atoms with E-state index in [-0.39, 0.29) is 6.42 Å². The Morgan fingerprint density at radius 3 is 2.70 bits per heavy atom. The minimum atomic E-state index is -1.07. The van der Waals surface area contributed by atoms with E-state index in [1.165, 1.54) is 11.6 Å². The van der Waals surface area contributed by atoms with Gasteiger partial charge in [0.25, 0.3) is 0 Å². The fourth-order valence-corrected chi connectivity index (χ4v) is 1.80. The lowest BCUT2D eigenvalue weighted by molar-refractivity contribution is -0.139. The van der Waals surface area contributed by atoms with Gasteiger partial charge in [-0.1, -0.05) is 30.3 Å². The number of nitrogens with one attached hydrogen (secondary N) is 2. The molecule has 20 heavy (non-hydrogen) atoms. The topological polar surface area (TPSA) is 78.4 Å². The van der Waals surface area contributed by atoms with E-state index in [2.05, 4.69) is 17.2 Å². The molecule has 0 spiro atoms. The summed E-state index contributed by atoms with van der Waals surface area (Å²) in [5.74, 6) is -1.07. The Balaban J connectivity index is 2.38. The molecule has 3 N–H and O–H groups in total. The van der Waals surface area contributed by atoms with E-state index >= 15 is 0 Å². The van der Waals surface area contributed by atoms with Gasteiger partial charge < -0.3 is 15.7 Å². The van der Waals surface area contributed by atoms with Gasteiger partial charge in [-0.05, 0) is 30.9 Å². The van der Waals surface area contributed by atoms with Crippen LogP contribution >= 0.6 is 0 Å². The van der Waals surface area contributed by atoms with Crippen LogP contribution < -0.4 is 10.6 Å². The first kappa shape index (κ1) is 15.8. The summed E-state index contributed by atoms with van der Waals surface area (Å²) in [6.07, 6.45) is 2.37. The number of benzene rings is 1. The van der Waals surface area contributed by atoms with Crippen molar-refractivity contribution in [3.8, 4) is 0 Å². The number of carbonyl (C=O) groups excluding carboxylic acids is 1. The summed E-state index contributed by atoms with van der Waals surface area (Å²) in [7, 11) is 0. The van der Waals surface area contributed by atoms with Crippen LogP contribution in [-0.2, 0) is 11.2 Å². The van der Waals surface area contributed by atoms with Gasteiger partial charge in [-0.2, -0.15) is 0 Å². The number of urea groups is 1. The number of carboxylic acid groups (broad SMARTS) is 1. The summed E-state index contributed by atoms with van der Waals surface area (Å²) in [5, 5.41) is 14.0. The number of hydrogen-bond donors (Lipinski definition) is 3. The van der Waals surface area contributed by atoms with Crippen molar-refractivity contribution in [3.63, 3.8) is 0 Å². The highest BCUT2D eigenvalue weighted by Gasteiger charge is 2.17. The van der Waals surface area contributed by atoms with E-state index in [9.17, 15) is 9.59 Å². The quantitative estimate of drug-likeness (QED) is 0.665. The predicted octanol–water partition coefficient (Wildman–Crippen LogP) is 1.87. The van der Waals surface area contributed by atoms with Gasteiger partial charge in [0.05, 0.1) is 0 Å². The molecular formula is C15H20N2O3. The Bertz CT molecular complexity index is 486. The van der Waals surface area contributed by atoms with Crippen molar-refractivity contribution in [2.45, 2.75) is 25.8 Å². The second-order valence-corrected chi connectivity index (χ2v) is 4.49. The van der Waals surface area contributed by atoms with Crippen LogP contribution in [0.15, 0.2) is 36.9 Å². The average molecular weight is 276 g/mol. The highest BCUT2D eigenvalue weighted by molar-refractivity contribution is 5.82. The molecule has 0 heterocycles. The van der Waals surface area contributed by atoms with E-state index in [1.807, 2.05) is 31.2 Å². The van der Waals surface area contributed by atoms with Gasteiger partial charge in [0.15, 0.2) is 0 Å². The van der Waals surface area contributed by atoms with Gasteiger partial charge in [0.2, 0.25) is 0 Å². The van der Waals surface area contributed by atoms with Gasteiger partial charge in [0.1, 0.15) is 6.04 Å². The Morgan fingerprint density at radius 1 is 1.40 bits per heavy atom. The molecule has 1 rings (SSSR count). The molecule has 0 aliphatic carbocycles. The van der Waals surface area contributed by atoms with Gasteiger partial charge in [-0.15, -0.1) is 6.58 Å². The van der Waals surface area contributed by atoms with Crippen LogP contribution in [0, 0.1) is 6.92 Å². The summed E-state index contributed by atoms with van der Waals surface area (Å²) in [6.45, 7) is 5.94. The number of amides is 2. The summed E-state index contributed by atoms with van der Waals surface area (Å²) < 4.78 is 0. The molecular weight excluding hydrogens is 256 g/mol. The van der Waals surface area contributed by atoms with Crippen LogP contribution in [0.5, 0.6) is 0 Å². The maximum Gasteiger partial charge on any atom is 0.326 e. The summed E-state index contributed by atoms with van der Waals surface area (Å²) in [5.41, 5.74) is 2.33. The van der Waals surface area contributed by atoms with Crippen LogP contribution in [-0.4, -0.2) is 29.7 Å². The van der Waals surface area contributed by atoms with Crippen molar-refractivity contribution < 1.29 is 14.7 Å². The first-order chi connectivity index (χ1) is 9.54. The molecule has 1 atom stereocenters. The molecule has 0 bridgehead atoms. The first-order valence-electron chi connectivity index (χ1n) is 6.47. The van der Waals surface area contributed by atoms with Crippen LogP contribution in [0.2, 0.25) is 0 Å². The molecule has 5 nitrogen and oxygen atoms in total. The van der Waals surface area contributed by atoms with Crippen molar-refractivity contribution in [2.24, 2.45) is 0 Å². The number of aryl methyl sites for hydroxylation is 1. The minimum absolute atomic E-state index is 0.195. The maximum atomic E-state index is 11.6. The summed E-state index contributed by atoms with van der Waals surface area (Å²) in [4.78, 5) is 22.5. The van der Waals surface area contributed by atoms with E-state index in [1.54, 1.807) is 0 Å². The smallest absolute Gasteiger partial charge is 0.326 e. The summed E-state index contributed by atoms with van der Waals surface area (Å²) in [6, 6.07) is 6.52. The minimum Gasteiger partial charge on any atom is -0.480 e. The molecule has 5 heteroatoms. The molecule has 0 aliphatic rings. The second-order valence-electron chi connectivity index (χ2n) is 4.49. The lowest BCUT2D eigenvalue weighted by Crippen LogP contribution is -2.46. The van der Waals surface area contributed by atoms with Crippen molar-refractivity contribution in [1.82, 2.24) is 10.6 Å². The molecule has 0 aliphatic heterocycles. The van der Waals surface area contributed by atoms with Crippen molar-refractivity contribution in [2.75, 3.05) is 6.54 Å². The van der Waals surface area contributed by atoms with Crippen molar-refractivity contribution in [1.29, 1.82) is 0 Å². The van der Waals surface area contributed by atoms with Crippen LogP contribution in [0.4, 0.5) is 4.79 Å². The Kier molecular flexibility index (Phi) is 6.29. The highest BCUT2D eigenvalue weighted by Crippen LogP contribution is 2.06. The zero-order chi connectivity index (χ0) is 15.0. The molecule has 2 amide bonds. The fraction of sp³-hybridized carbons (Fsp3) is 0.333. The van der Waals surface area contributed by atoms with Gasteiger partial charge in [-0.25, -0.2) is 9.59 Å². The monoisotopic (exact) mass is 276 g/mol. The third kappa shape index (κ3) is 5.14. The number of carboxylic acids is 1. The molecule has 0 aromatic heterocycles. The molecule has 0 fully saturated rings. The third-order valence-corrected chi connectivity index (χ3v) is 2.95. The van der Waals surface area contributed by atoms with Gasteiger partial charge in [-0.3, -0.25) is 0 Å². The number of aliphatic carboxylic acids is 1. The Labute approximate surface area is 118 Å². The van der Waals surface area contributed by atoms with Crippen LogP contribution in [0.25, 0.3) is 0 Å². The van der Waals surface area contributed by atoms with E-state index in [0.717, 1.165) is 5.56 Å². The van der Waals surface area contributed by atoms with Gasteiger partial charge >= 0.3 is 12.0 Å². The highest BCUT2D eigenvalue weighted by atomic mass is 16.4. The first-order valence-corrected chi connectivity index (χ1v) is 6.47. The van der Waals surface area contributed by atoms with E-state index in [0.29, 0.717) is 13.0 Å². The van der Waals surface area contributed by atoms with Crippen molar-refractivity contribution in [3.05, 3.63) is 48.0 Å². The SMILES string of the molecule is C=CCC(NC(=O)NCCc1ccccc1C)C(=O)O. The number of carbonyl (C=O) groups is 2. The lowest BCUT2D eigenvalue weighted by atomic mass is 10.1. The Morgan fingerprint density at radius 2 is 2.10 bits per heavy atom. The third-order valence-electron chi connectivity index (χ3n) is 2.95.